The fourth-order valence-corrected chi connectivity index (χ4v) is 2.49. The van der Waals surface area contributed by atoms with Crippen molar-refractivity contribution < 1.29 is 5.11 Å². The monoisotopic (exact) mass is 244 g/mol. The molecule has 1 aliphatic rings. The van der Waals surface area contributed by atoms with Gasteiger partial charge < -0.3 is 10.4 Å². The van der Waals surface area contributed by atoms with E-state index in [0.717, 1.165) is 31.4 Å². The first kappa shape index (κ1) is 12.9. The van der Waals surface area contributed by atoms with E-state index in [1.165, 1.54) is 12.8 Å². The average Bonchev–Trinajstić information content (AvgIpc) is 2.62. The fourth-order valence-electron chi connectivity index (χ4n) is 2.49. The third-order valence-corrected chi connectivity index (χ3v) is 3.67. The Hall–Kier alpha value is -1.53. The molecule has 96 valence electrons. The second-order valence-electron chi connectivity index (χ2n) is 5.18. The molecule has 0 aromatic heterocycles. The van der Waals surface area contributed by atoms with Gasteiger partial charge in [0.15, 0.2) is 0 Å². The predicted molar refractivity (Wildman–Crippen MR) is 72.3 cm³/mol. The molecule has 1 fully saturated rings. The Morgan fingerprint density at radius 2 is 1.72 bits per heavy atom. The lowest BCUT2D eigenvalue weighted by molar-refractivity contribution is 0.0381. The van der Waals surface area contributed by atoms with Crippen molar-refractivity contribution in [2.45, 2.75) is 44.1 Å². The fraction of sp³-hybridized carbons (Fsp3) is 0.533. The molecule has 1 saturated carbocycles. The van der Waals surface area contributed by atoms with E-state index in [-0.39, 0.29) is 0 Å². The second kappa shape index (κ2) is 5.88. The van der Waals surface area contributed by atoms with Crippen LogP contribution in [0.25, 0.3) is 0 Å². The summed E-state index contributed by atoms with van der Waals surface area (Å²) in [6.45, 7) is 0.596. The highest BCUT2D eigenvalue weighted by Gasteiger charge is 2.27. The van der Waals surface area contributed by atoms with Crippen LogP contribution in [0.3, 0.4) is 0 Å². The molecule has 0 amide bonds. The molecule has 0 atom stereocenters. The molecule has 0 radical (unpaired) electrons. The van der Waals surface area contributed by atoms with Crippen LogP contribution >= 0.6 is 0 Å². The van der Waals surface area contributed by atoms with Crippen LogP contribution in [0.4, 0.5) is 5.69 Å². The molecule has 2 rings (SSSR count). The van der Waals surface area contributed by atoms with E-state index in [9.17, 15) is 5.11 Å². The Balaban J connectivity index is 1.91. The lowest BCUT2D eigenvalue weighted by atomic mass is 9.94. The molecule has 2 N–H and O–H groups in total. The van der Waals surface area contributed by atoms with Gasteiger partial charge in [0.2, 0.25) is 0 Å². The van der Waals surface area contributed by atoms with Gasteiger partial charge in [-0.2, -0.15) is 5.26 Å². The largest absolute Gasteiger partial charge is 0.388 e. The second-order valence-corrected chi connectivity index (χ2v) is 5.18. The maximum atomic E-state index is 10.5. The third kappa shape index (κ3) is 3.48. The molecule has 0 saturated heterocycles. The van der Waals surface area contributed by atoms with Crippen LogP contribution in [0.15, 0.2) is 24.3 Å². The van der Waals surface area contributed by atoms with E-state index in [2.05, 4.69) is 11.4 Å². The van der Waals surface area contributed by atoms with Crippen LogP contribution in [0, 0.1) is 11.3 Å². The first-order valence-corrected chi connectivity index (χ1v) is 6.68. The third-order valence-electron chi connectivity index (χ3n) is 3.67. The summed E-state index contributed by atoms with van der Waals surface area (Å²) in [5.41, 5.74) is 1.06. The number of anilines is 1. The number of hydrogen-bond donors (Lipinski definition) is 2. The normalized spacial score (nSPS) is 18.7. The number of nitrogens with one attached hydrogen (secondary N) is 1. The van der Waals surface area contributed by atoms with Crippen molar-refractivity contribution >= 4 is 5.69 Å². The first-order valence-electron chi connectivity index (χ1n) is 6.68. The van der Waals surface area contributed by atoms with Crippen LogP contribution in [-0.2, 0) is 0 Å². The number of nitrogens with zero attached hydrogens (tertiary/aromatic N) is 1. The highest BCUT2D eigenvalue weighted by atomic mass is 16.3. The standard InChI is InChI=1S/C15H20N2O/c16-11-13-5-7-14(8-6-13)17-12-15(18)9-3-1-2-4-10-15/h5-8,17-18H,1-4,9-10,12H2. The molecule has 0 bridgehead atoms. The number of rotatable bonds is 3. The minimum atomic E-state index is -0.565. The topological polar surface area (TPSA) is 56.0 Å². The van der Waals surface area contributed by atoms with Gasteiger partial charge in [0.25, 0.3) is 0 Å². The van der Waals surface area contributed by atoms with Crippen molar-refractivity contribution in [1.29, 1.82) is 5.26 Å². The van der Waals surface area contributed by atoms with E-state index < -0.39 is 5.60 Å². The van der Waals surface area contributed by atoms with Crippen LogP contribution < -0.4 is 5.32 Å². The van der Waals surface area contributed by atoms with Gasteiger partial charge in [0.1, 0.15) is 0 Å². The van der Waals surface area contributed by atoms with Gasteiger partial charge in [-0.05, 0) is 37.1 Å². The maximum absolute atomic E-state index is 10.5. The van der Waals surface area contributed by atoms with Gasteiger partial charge in [0, 0.05) is 12.2 Å². The summed E-state index contributed by atoms with van der Waals surface area (Å²) in [6.07, 6.45) is 6.47. The van der Waals surface area contributed by atoms with Crippen LogP contribution in [-0.4, -0.2) is 17.3 Å². The molecule has 0 spiro atoms. The quantitative estimate of drug-likeness (QED) is 0.803. The minimum Gasteiger partial charge on any atom is -0.388 e. The van der Waals surface area contributed by atoms with Crippen molar-refractivity contribution in [1.82, 2.24) is 0 Å². The van der Waals surface area contributed by atoms with Crippen LogP contribution in [0.5, 0.6) is 0 Å². The van der Waals surface area contributed by atoms with E-state index >= 15 is 0 Å². The lowest BCUT2D eigenvalue weighted by Crippen LogP contribution is -2.36. The number of benzene rings is 1. The van der Waals surface area contributed by atoms with Crippen molar-refractivity contribution in [3.05, 3.63) is 29.8 Å². The molecular formula is C15H20N2O. The summed E-state index contributed by atoms with van der Waals surface area (Å²) < 4.78 is 0. The molecule has 0 unspecified atom stereocenters. The highest BCUT2D eigenvalue weighted by Crippen LogP contribution is 2.27. The minimum absolute atomic E-state index is 0.565. The molecule has 1 aromatic rings. The number of nitriles is 1. The summed E-state index contributed by atoms with van der Waals surface area (Å²) in [7, 11) is 0. The predicted octanol–water partition coefficient (Wildman–Crippen LogP) is 3.06. The van der Waals surface area contributed by atoms with E-state index in [0.29, 0.717) is 12.1 Å². The Morgan fingerprint density at radius 3 is 2.28 bits per heavy atom. The van der Waals surface area contributed by atoms with E-state index in [1.807, 2.05) is 12.1 Å². The van der Waals surface area contributed by atoms with Gasteiger partial charge in [0.05, 0.1) is 17.2 Å². The molecule has 3 nitrogen and oxygen atoms in total. The Morgan fingerprint density at radius 1 is 1.11 bits per heavy atom. The van der Waals surface area contributed by atoms with Gasteiger partial charge in [-0.15, -0.1) is 0 Å². The maximum Gasteiger partial charge on any atom is 0.0991 e. The highest BCUT2D eigenvalue weighted by molar-refractivity contribution is 5.47. The molecule has 3 heteroatoms. The van der Waals surface area contributed by atoms with Gasteiger partial charge >= 0.3 is 0 Å². The zero-order chi connectivity index (χ0) is 12.8. The molecule has 1 aromatic carbocycles. The first-order chi connectivity index (χ1) is 8.72. The number of aliphatic hydroxyl groups is 1. The molecular weight excluding hydrogens is 224 g/mol. The van der Waals surface area contributed by atoms with Gasteiger partial charge in [-0.3, -0.25) is 0 Å². The van der Waals surface area contributed by atoms with Crippen LogP contribution in [0.1, 0.15) is 44.1 Å². The number of hydrogen-bond acceptors (Lipinski definition) is 3. The molecule has 1 aliphatic carbocycles. The van der Waals surface area contributed by atoms with E-state index in [1.54, 1.807) is 12.1 Å². The Bertz CT molecular complexity index is 411. The molecule has 0 heterocycles. The van der Waals surface area contributed by atoms with E-state index in [4.69, 9.17) is 5.26 Å². The summed E-state index contributed by atoms with van der Waals surface area (Å²) in [4.78, 5) is 0. The van der Waals surface area contributed by atoms with Gasteiger partial charge in [-0.1, -0.05) is 25.7 Å². The van der Waals surface area contributed by atoms with Crippen molar-refractivity contribution in [3.8, 4) is 6.07 Å². The molecule has 18 heavy (non-hydrogen) atoms. The summed E-state index contributed by atoms with van der Waals surface area (Å²) in [5, 5.41) is 22.5. The SMILES string of the molecule is N#Cc1ccc(NCC2(O)CCCCCC2)cc1. The average molecular weight is 244 g/mol. The van der Waals surface area contributed by atoms with Crippen molar-refractivity contribution in [3.63, 3.8) is 0 Å². The smallest absolute Gasteiger partial charge is 0.0991 e. The lowest BCUT2D eigenvalue weighted by Gasteiger charge is -2.27. The summed E-state index contributed by atoms with van der Waals surface area (Å²) >= 11 is 0. The van der Waals surface area contributed by atoms with Crippen LogP contribution in [0.2, 0.25) is 0 Å². The Labute approximate surface area is 108 Å². The van der Waals surface area contributed by atoms with Crippen molar-refractivity contribution in [2.24, 2.45) is 0 Å². The summed E-state index contributed by atoms with van der Waals surface area (Å²) in [6, 6.07) is 9.46. The zero-order valence-electron chi connectivity index (χ0n) is 10.7. The zero-order valence-corrected chi connectivity index (χ0v) is 10.7. The summed E-state index contributed by atoms with van der Waals surface area (Å²) in [5.74, 6) is 0. The molecule has 0 aliphatic heterocycles. The van der Waals surface area contributed by atoms with Gasteiger partial charge in [-0.25, -0.2) is 0 Å². The van der Waals surface area contributed by atoms with Crippen molar-refractivity contribution in [2.75, 3.05) is 11.9 Å². The Kier molecular flexibility index (Phi) is 4.22.